The zero-order valence-corrected chi connectivity index (χ0v) is 15.4. The van der Waals surface area contributed by atoms with Crippen LogP contribution >= 0.6 is 23.2 Å². The summed E-state index contributed by atoms with van der Waals surface area (Å²) in [5.74, 6) is 0.558. The van der Waals surface area contributed by atoms with Gasteiger partial charge in [0.25, 0.3) is 0 Å². The second kappa shape index (κ2) is 7.44. The summed E-state index contributed by atoms with van der Waals surface area (Å²) in [5.41, 5.74) is 3.41. The lowest BCUT2D eigenvalue weighted by atomic mass is 10.1. The number of imidazole rings is 1. The number of hydrogen-bond acceptors (Lipinski definition) is 5. The van der Waals surface area contributed by atoms with Crippen molar-refractivity contribution in [3.8, 4) is 28.3 Å². The summed E-state index contributed by atoms with van der Waals surface area (Å²) in [5, 5.41) is 10.3. The minimum atomic E-state index is -0.147. The lowest BCUT2D eigenvalue weighted by molar-refractivity contribution is 0.277. The molecule has 0 radical (unpaired) electrons. The van der Waals surface area contributed by atoms with Gasteiger partial charge in [-0.15, -0.1) is 0 Å². The molecule has 4 aromatic rings. The van der Waals surface area contributed by atoms with Crippen molar-refractivity contribution < 1.29 is 5.11 Å². The van der Waals surface area contributed by atoms with Crippen LogP contribution in [0, 0.1) is 0 Å². The van der Waals surface area contributed by atoms with Crippen LogP contribution in [0.3, 0.4) is 0 Å². The van der Waals surface area contributed by atoms with Gasteiger partial charge in [0.1, 0.15) is 12.0 Å². The largest absolute Gasteiger partial charge is 0.390 e. The molecule has 6 nitrogen and oxygen atoms in total. The first-order chi connectivity index (χ1) is 13.2. The standard InChI is InChI=1S/C19H13Cl2N5O/c20-13-3-1-12(2-4-13)18-19(15-5-6-22-7-16(15)21)25-17(8-23-18)26-9-14(10-27)24-11-26/h1-9,11,27H,10H2. The minimum Gasteiger partial charge on any atom is -0.390 e. The zero-order valence-electron chi connectivity index (χ0n) is 13.9. The molecule has 0 atom stereocenters. The summed E-state index contributed by atoms with van der Waals surface area (Å²) in [6.45, 7) is -0.147. The molecule has 134 valence electrons. The molecule has 1 aromatic carbocycles. The summed E-state index contributed by atoms with van der Waals surface area (Å²) in [6.07, 6.45) is 8.14. The maximum atomic E-state index is 9.23. The van der Waals surface area contributed by atoms with Gasteiger partial charge in [0.15, 0.2) is 5.82 Å². The first-order valence-corrected chi connectivity index (χ1v) is 8.78. The van der Waals surface area contributed by atoms with Crippen LogP contribution in [0.5, 0.6) is 0 Å². The van der Waals surface area contributed by atoms with Gasteiger partial charge < -0.3 is 5.11 Å². The fourth-order valence-electron chi connectivity index (χ4n) is 2.65. The molecule has 27 heavy (non-hydrogen) atoms. The van der Waals surface area contributed by atoms with Gasteiger partial charge >= 0.3 is 0 Å². The maximum Gasteiger partial charge on any atom is 0.157 e. The number of pyridine rings is 1. The Bertz CT molecular complexity index is 1100. The van der Waals surface area contributed by atoms with Crippen LogP contribution in [0.2, 0.25) is 10.0 Å². The van der Waals surface area contributed by atoms with Gasteiger partial charge in [-0.2, -0.15) is 0 Å². The predicted octanol–water partition coefficient (Wildman–Crippen LogP) is 4.19. The number of nitrogens with zero attached hydrogens (tertiary/aromatic N) is 5. The van der Waals surface area contributed by atoms with Crippen LogP contribution in [0.1, 0.15) is 5.69 Å². The number of hydrogen-bond donors (Lipinski definition) is 1. The average molecular weight is 398 g/mol. The Labute approximate surface area is 165 Å². The van der Waals surface area contributed by atoms with Gasteiger partial charge in [0.2, 0.25) is 0 Å². The quantitative estimate of drug-likeness (QED) is 0.558. The van der Waals surface area contributed by atoms with E-state index in [-0.39, 0.29) is 6.61 Å². The Kier molecular flexibility index (Phi) is 4.85. The summed E-state index contributed by atoms with van der Waals surface area (Å²) >= 11 is 12.4. The van der Waals surface area contributed by atoms with Crippen LogP contribution in [0.25, 0.3) is 28.3 Å². The molecule has 0 fully saturated rings. The molecule has 0 amide bonds. The predicted molar refractivity (Wildman–Crippen MR) is 104 cm³/mol. The molecule has 0 saturated heterocycles. The van der Waals surface area contributed by atoms with Gasteiger partial charge in [-0.25, -0.2) is 9.97 Å². The topological polar surface area (TPSA) is 76.7 Å². The van der Waals surface area contributed by atoms with Crippen molar-refractivity contribution in [1.82, 2.24) is 24.5 Å². The summed E-state index contributed by atoms with van der Waals surface area (Å²) in [6, 6.07) is 9.15. The van der Waals surface area contributed by atoms with E-state index in [9.17, 15) is 5.11 Å². The van der Waals surface area contributed by atoms with Gasteiger partial charge in [-0.1, -0.05) is 35.3 Å². The Morgan fingerprint density at radius 2 is 1.78 bits per heavy atom. The Balaban J connectivity index is 1.91. The highest BCUT2D eigenvalue weighted by atomic mass is 35.5. The number of aliphatic hydroxyl groups is 1. The zero-order chi connectivity index (χ0) is 18.8. The normalized spacial score (nSPS) is 10.9. The van der Waals surface area contributed by atoms with Gasteiger partial charge in [-0.05, 0) is 18.2 Å². The molecule has 0 aliphatic carbocycles. The second-order valence-corrected chi connectivity index (χ2v) is 6.56. The van der Waals surface area contributed by atoms with Crippen LogP contribution in [0.4, 0.5) is 0 Å². The Morgan fingerprint density at radius 1 is 0.963 bits per heavy atom. The number of halogens is 2. The molecule has 0 bridgehead atoms. The minimum absolute atomic E-state index is 0.147. The fraction of sp³-hybridized carbons (Fsp3) is 0.0526. The molecular weight excluding hydrogens is 385 g/mol. The molecule has 0 spiro atoms. The van der Waals surface area contributed by atoms with Crippen molar-refractivity contribution in [3.63, 3.8) is 0 Å². The molecule has 4 rings (SSSR count). The van der Waals surface area contributed by atoms with Crippen LogP contribution < -0.4 is 0 Å². The molecule has 1 N–H and O–H groups in total. The van der Waals surface area contributed by atoms with Gasteiger partial charge in [-0.3, -0.25) is 14.5 Å². The van der Waals surface area contributed by atoms with Gasteiger partial charge in [0, 0.05) is 34.7 Å². The lowest BCUT2D eigenvalue weighted by Gasteiger charge is -2.12. The Morgan fingerprint density at radius 3 is 2.48 bits per heavy atom. The third kappa shape index (κ3) is 3.55. The third-order valence-corrected chi connectivity index (χ3v) is 4.52. The van der Waals surface area contributed by atoms with Crippen molar-refractivity contribution in [3.05, 3.63) is 77.2 Å². The van der Waals surface area contributed by atoms with E-state index in [1.165, 1.54) is 0 Å². The number of benzene rings is 1. The molecule has 3 aromatic heterocycles. The highest BCUT2D eigenvalue weighted by Crippen LogP contribution is 2.33. The number of aromatic nitrogens is 5. The molecule has 0 unspecified atom stereocenters. The van der Waals surface area contributed by atoms with Crippen LogP contribution in [-0.2, 0) is 6.61 Å². The third-order valence-electron chi connectivity index (χ3n) is 3.97. The monoisotopic (exact) mass is 397 g/mol. The second-order valence-electron chi connectivity index (χ2n) is 5.72. The number of rotatable bonds is 4. The van der Waals surface area contributed by atoms with E-state index in [1.807, 2.05) is 12.1 Å². The van der Waals surface area contributed by atoms with Crippen molar-refractivity contribution >= 4 is 23.2 Å². The van der Waals surface area contributed by atoms with E-state index in [0.717, 1.165) is 5.56 Å². The molecule has 3 heterocycles. The van der Waals surface area contributed by atoms with E-state index in [2.05, 4.69) is 15.0 Å². The molecule has 8 heteroatoms. The van der Waals surface area contributed by atoms with Crippen molar-refractivity contribution in [2.75, 3.05) is 0 Å². The summed E-state index contributed by atoms with van der Waals surface area (Å²) in [7, 11) is 0. The number of aliphatic hydroxyl groups excluding tert-OH is 1. The van der Waals surface area contributed by atoms with Crippen molar-refractivity contribution in [1.29, 1.82) is 0 Å². The summed E-state index contributed by atoms with van der Waals surface area (Å²) in [4.78, 5) is 17.5. The van der Waals surface area contributed by atoms with Crippen LogP contribution in [-0.4, -0.2) is 29.6 Å². The van der Waals surface area contributed by atoms with E-state index >= 15 is 0 Å². The van der Waals surface area contributed by atoms with E-state index < -0.39 is 0 Å². The maximum absolute atomic E-state index is 9.23. The van der Waals surface area contributed by atoms with Crippen LogP contribution in [0.15, 0.2) is 61.4 Å². The highest BCUT2D eigenvalue weighted by Gasteiger charge is 2.16. The first-order valence-electron chi connectivity index (χ1n) is 8.02. The first kappa shape index (κ1) is 17.6. The smallest absolute Gasteiger partial charge is 0.157 e. The Hall–Kier alpha value is -2.80. The fourth-order valence-corrected chi connectivity index (χ4v) is 2.98. The van der Waals surface area contributed by atoms with Crippen molar-refractivity contribution in [2.45, 2.75) is 6.61 Å². The lowest BCUT2D eigenvalue weighted by Crippen LogP contribution is -2.01. The molecular formula is C19H13Cl2N5O. The van der Waals surface area contributed by atoms with E-state index in [0.29, 0.717) is 38.5 Å². The molecule has 0 aliphatic heterocycles. The molecule has 0 aliphatic rings. The average Bonchev–Trinajstić information content (AvgIpc) is 3.18. The highest BCUT2D eigenvalue weighted by molar-refractivity contribution is 6.33. The SMILES string of the molecule is OCc1cn(-c2cnc(-c3ccc(Cl)cc3)c(-c3ccncc3Cl)n2)cn1. The van der Waals surface area contributed by atoms with E-state index in [4.69, 9.17) is 28.2 Å². The van der Waals surface area contributed by atoms with Crippen molar-refractivity contribution in [2.24, 2.45) is 0 Å². The molecule has 0 saturated carbocycles. The summed E-state index contributed by atoms with van der Waals surface area (Å²) < 4.78 is 1.70. The van der Waals surface area contributed by atoms with E-state index in [1.54, 1.807) is 53.9 Å². The van der Waals surface area contributed by atoms with Gasteiger partial charge in [0.05, 0.1) is 29.2 Å².